The SMILES string of the molecule is CN[C@H](CC(C)C)C(=O)N[C@H]1C(=O)C[C@@H](CC(N)=O)C(=O)N[C@H]2CC[C@@H]3C(=O)C[C@H](C(=O)NCc4cc(O)cc5c4-c4cc3ccc4C5(O)O)[C@H](O)c3ccc(c(Cl)c3)Oc3cc2cc(c3OC2OC(CO)C(O)[C@H](O)[C@H]2O[C@H]2CC(C)(N)[C@H](O)[C@H](C)O2)Oc2ccc(cc2Cl)[C@H]1O.O=C=O. The van der Waals surface area contributed by atoms with Gasteiger partial charge in [-0.1, -0.05) is 61.3 Å². The molecular formula is C70H80Cl2N6O23. The third-order valence-corrected chi connectivity index (χ3v) is 19.8. The monoisotopic (exact) mass is 1440 g/mol. The quantitative estimate of drug-likeness (QED) is 0.0798. The van der Waals surface area contributed by atoms with Gasteiger partial charge in [-0.3, -0.25) is 28.8 Å². The van der Waals surface area contributed by atoms with Crippen LogP contribution in [-0.2, 0) is 64.9 Å². The molecule has 1 aliphatic carbocycles. The van der Waals surface area contributed by atoms with E-state index in [0.717, 1.165) is 0 Å². The Morgan fingerprint density at radius 1 is 0.792 bits per heavy atom. The van der Waals surface area contributed by atoms with E-state index in [2.05, 4.69) is 21.3 Å². The summed E-state index contributed by atoms with van der Waals surface area (Å²) < 4.78 is 38.9. The number of Topliss-reactive ketones (excluding diaryl/α,β-unsaturated/α-hetero) is 2. The molecule has 31 heteroatoms. The molecule has 13 rings (SSSR count). The van der Waals surface area contributed by atoms with Gasteiger partial charge < -0.3 is 107 Å². The molecule has 11 bridgehead atoms. The van der Waals surface area contributed by atoms with E-state index in [9.17, 15) is 65.1 Å². The number of ether oxygens (including phenoxy) is 6. The zero-order valence-electron chi connectivity index (χ0n) is 55.3. The lowest BCUT2D eigenvalue weighted by molar-refractivity contribution is -0.333. The van der Waals surface area contributed by atoms with Gasteiger partial charge in [0.15, 0.2) is 29.7 Å². The Morgan fingerprint density at radius 2 is 1.43 bits per heavy atom. The molecule has 29 nitrogen and oxygen atoms in total. The fourth-order valence-electron chi connectivity index (χ4n) is 14.0. The number of rotatable bonds is 12. The number of hydrogen-bond acceptors (Lipinski definition) is 25. The Kier molecular flexibility index (Phi) is 23.1. The van der Waals surface area contributed by atoms with Crippen LogP contribution in [0.25, 0.3) is 11.1 Å². The number of hydrogen-bond donors (Lipinski definition) is 15. The molecule has 5 aromatic carbocycles. The first-order valence-electron chi connectivity index (χ1n) is 32.7. The number of primary amides is 1. The minimum atomic E-state index is -2.68. The highest BCUT2D eigenvalue weighted by molar-refractivity contribution is 6.32. The van der Waals surface area contributed by atoms with Gasteiger partial charge in [0.05, 0.1) is 58.9 Å². The molecule has 17 atom stereocenters. The van der Waals surface area contributed by atoms with E-state index in [1.807, 2.05) is 13.8 Å². The third kappa shape index (κ3) is 16.0. The number of likely N-dealkylation sites (N-methyl/N-ethyl adjacent to an activating group) is 1. The molecule has 4 amide bonds. The van der Waals surface area contributed by atoms with Crippen LogP contribution >= 0.6 is 23.2 Å². The van der Waals surface area contributed by atoms with Crippen molar-refractivity contribution in [3.8, 4) is 45.6 Å². The number of halogens is 2. The predicted octanol–water partition coefficient (Wildman–Crippen LogP) is 2.87. The number of aromatic hydroxyl groups is 1. The zero-order chi connectivity index (χ0) is 73.4. The van der Waals surface area contributed by atoms with E-state index < -0.39 is 175 Å². The van der Waals surface area contributed by atoms with Crippen LogP contribution in [0.15, 0.2) is 78.9 Å². The van der Waals surface area contributed by atoms with Gasteiger partial charge in [-0.05, 0) is 140 Å². The second-order valence-electron chi connectivity index (χ2n) is 26.9. The summed E-state index contributed by atoms with van der Waals surface area (Å²) in [6.45, 7) is 5.65. The minimum absolute atomic E-state index is 0.0196. The van der Waals surface area contributed by atoms with Crippen LogP contribution < -0.4 is 46.9 Å². The first-order chi connectivity index (χ1) is 47.8. The first-order valence-corrected chi connectivity index (χ1v) is 33.4. The molecule has 5 aromatic rings. The topological polar surface area (TPSA) is 474 Å². The van der Waals surface area contributed by atoms with Gasteiger partial charge in [-0.25, -0.2) is 0 Å². The average Bonchev–Trinajstić information content (AvgIpc) is 1.57. The molecule has 17 N–H and O–H groups in total. The lowest BCUT2D eigenvalue weighted by atomic mass is 9.80. The van der Waals surface area contributed by atoms with Crippen molar-refractivity contribution in [3.05, 3.63) is 128 Å². The van der Waals surface area contributed by atoms with Crippen molar-refractivity contribution in [2.45, 2.75) is 176 Å². The molecule has 542 valence electrons. The standard InChI is InChI=1S/C69H80Cl2N6O21.CO2/c1-28(2)14-45(74-5)66(90)77-56-47(81)19-34(22-53(72)82)64(88)76-44-11-9-37-30-6-10-40-38(16-30)55-35(15-36(79)23-41(55)69(40,91)92)26-75-65(89)39(24-46(37)80)57(83)31-7-12-48(42(70)17-31)94-50-20-33(44)21-51(95-49-13-8-32(58(56)84)18-43(49)71)61(50)98-67-62(60(86)59(85)52(27-78)96-67)97-54-25-68(4,73)63(87)29(3)93-54;2-1-3/h6-8,10,12-13,15-18,20-21,23,28-29,34,37,39,44-45,52,54,56-60,62-63,67,74,78-79,83-87,91-92H,9,11,14,19,22,24-27,73H2,1-5H3,(H2,72,82)(H,75,89)(H,76,88)(H,77,90);/t29-,34-,37-,39-,44-,45+,52?,54-,56-,57+,58+,59?,60-,62+,63+,67?,68?;/m0./s1. The van der Waals surface area contributed by atoms with Crippen molar-refractivity contribution in [3.63, 3.8) is 0 Å². The van der Waals surface area contributed by atoms with Crippen molar-refractivity contribution in [1.82, 2.24) is 21.3 Å². The highest BCUT2D eigenvalue weighted by atomic mass is 35.5. The number of fused-ring (bicyclic) bond motifs is 12. The van der Waals surface area contributed by atoms with Crippen molar-refractivity contribution in [1.29, 1.82) is 0 Å². The number of nitrogens with one attached hydrogen (secondary N) is 4. The van der Waals surface area contributed by atoms with Crippen LogP contribution in [0.5, 0.6) is 34.5 Å². The van der Waals surface area contributed by atoms with Crippen LogP contribution in [0.2, 0.25) is 10.0 Å². The number of nitrogens with two attached hydrogens (primary N) is 2. The molecule has 4 unspecified atom stereocenters. The average molecular weight is 1440 g/mol. The zero-order valence-corrected chi connectivity index (χ0v) is 56.8. The minimum Gasteiger partial charge on any atom is -0.508 e. The van der Waals surface area contributed by atoms with Crippen molar-refractivity contribution in [2.75, 3.05) is 13.7 Å². The van der Waals surface area contributed by atoms with Crippen LogP contribution in [0.4, 0.5) is 0 Å². The molecule has 0 aromatic heterocycles. The summed E-state index contributed by atoms with van der Waals surface area (Å²) in [5, 5.41) is 115. The fourth-order valence-corrected chi connectivity index (χ4v) is 14.4. The van der Waals surface area contributed by atoms with E-state index in [1.165, 1.54) is 72.8 Å². The van der Waals surface area contributed by atoms with Gasteiger partial charge in [0.1, 0.15) is 53.5 Å². The summed E-state index contributed by atoms with van der Waals surface area (Å²) in [5.41, 5.74) is 12.0. The van der Waals surface area contributed by atoms with Crippen LogP contribution in [0, 0.1) is 17.8 Å². The Morgan fingerprint density at radius 3 is 2.02 bits per heavy atom. The number of aliphatic hydroxyl groups is 8. The smallest absolute Gasteiger partial charge is 0.373 e. The largest absolute Gasteiger partial charge is 0.508 e. The molecule has 0 saturated carbocycles. The second-order valence-corrected chi connectivity index (χ2v) is 27.8. The Labute approximate surface area is 588 Å². The molecule has 2 saturated heterocycles. The van der Waals surface area contributed by atoms with Crippen LogP contribution in [-0.4, -0.2) is 168 Å². The molecule has 0 spiro atoms. The lowest BCUT2D eigenvalue weighted by Crippen LogP contribution is -2.64. The number of carbonyl (C=O) groups excluding carboxylic acids is 8. The molecule has 2 fully saturated rings. The normalized spacial score (nSPS) is 29.5. The maximum Gasteiger partial charge on any atom is 0.373 e. The third-order valence-electron chi connectivity index (χ3n) is 19.3. The van der Waals surface area contributed by atoms with E-state index >= 15 is 9.59 Å². The number of ketones is 2. The molecule has 7 heterocycles. The summed E-state index contributed by atoms with van der Waals surface area (Å²) in [5.74, 6) is -14.1. The maximum atomic E-state index is 15.6. The van der Waals surface area contributed by atoms with E-state index in [1.54, 1.807) is 27.0 Å². The Balaban J connectivity index is 0.00000360. The van der Waals surface area contributed by atoms with Crippen LogP contribution in [0.3, 0.4) is 0 Å². The highest BCUT2D eigenvalue weighted by Crippen LogP contribution is 2.53. The van der Waals surface area contributed by atoms with Gasteiger partial charge in [-0.2, -0.15) is 9.59 Å². The molecule has 8 aliphatic rings. The van der Waals surface area contributed by atoms with E-state index in [4.69, 9.17) is 72.7 Å². The highest BCUT2D eigenvalue weighted by Gasteiger charge is 2.52. The Hall–Kier alpha value is -8.04. The molecular weight excluding hydrogens is 1360 g/mol. The fraction of sp³-hybridized carbons (Fsp3) is 0.471. The predicted molar refractivity (Wildman–Crippen MR) is 353 cm³/mol. The molecule has 101 heavy (non-hydrogen) atoms. The lowest BCUT2D eigenvalue weighted by Gasteiger charge is -2.47. The number of phenolic OH excluding ortho intramolecular Hbond substituents is 1. The Bertz CT molecular complexity index is 4040. The summed E-state index contributed by atoms with van der Waals surface area (Å²) in [7, 11) is 1.54. The number of phenols is 1. The van der Waals surface area contributed by atoms with Gasteiger partial charge in [-0.15, -0.1) is 0 Å². The summed E-state index contributed by atoms with van der Waals surface area (Å²) in [6.07, 6.45) is -18.4. The number of carbonyl (C=O) groups is 6. The van der Waals surface area contributed by atoms with Crippen molar-refractivity contribution < 1.29 is 113 Å². The number of amides is 4. The van der Waals surface area contributed by atoms with E-state index in [0.29, 0.717) is 6.42 Å². The summed E-state index contributed by atoms with van der Waals surface area (Å²) in [6, 6.07) is 13.5. The van der Waals surface area contributed by atoms with Crippen molar-refractivity contribution >= 4 is 64.5 Å². The van der Waals surface area contributed by atoms with Gasteiger partial charge in [0.2, 0.25) is 41.5 Å². The molecule has 0 radical (unpaired) electrons. The number of aliphatic hydroxyl groups excluding tert-OH is 6. The maximum absolute atomic E-state index is 15.6. The van der Waals surface area contributed by atoms with Crippen molar-refractivity contribution in [2.24, 2.45) is 29.2 Å². The van der Waals surface area contributed by atoms with Crippen LogP contribution in [0.1, 0.15) is 136 Å². The second kappa shape index (κ2) is 30.9. The molecule has 7 aliphatic heterocycles. The van der Waals surface area contributed by atoms with Gasteiger partial charge >= 0.3 is 6.15 Å². The van der Waals surface area contributed by atoms with E-state index in [-0.39, 0.29) is 127 Å². The number of benzene rings is 5. The first kappa shape index (κ1) is 75.6. The van der Waals surface area contributed by atoms with Gasteiger partial charge in [0, 0.05) is 54.8 Å². The summed E-state index contributed by atoms with van der Waals surface area (Å²) >= 11 is 14.3. The summed E-state index contributed by atoms with van der Waals surface area (Å²) in [4.78, 5) is 104. The van der Waals surface area contributed by atoms with Gasteiger partial charge in [0.25, 0.3) is 0 Å².